The molecule has 0 fully saturated rings. The fourth-order valence-electron chi connectivity index (χ4n) is 2.61. The number of carbonyl (C=O) groups excluding carboxylic acids is 1. The molecule has 0 atom stereocenters. The average molecular weight is 410 g/mol. The number of anilines is 1. The van der Waals surface area contributed by atoms with E-state index in [2.05, 4.69) is 21.2 Å². The molecule has 0 saturated heterocycles. The number of aryl methyl sites for hydroxylation is 3. The number of halogens is 1. The molecule has 4 nitrogen and oxygen atoms in total. The summed E-state index contributed by atoms with van der Waals surface area (Å²) in [5, 5.41) is 2.66. The van der Waals surface area contributed by atoms with Gasteiger partial charge in [0.15, 0.2) is 9.84 Å². The molecule has 2 rings (SSSR count). The lowest BCUT2D eigenvalue weighted by Crippen LogP contribution is -2.24. The summed E-state index contributed by atoms with van der Waals surface area (Å²) in [6.07, 6.45) is 0. The molecule has 0 saturated carbocycles. The largest absolute Gasteiger partial charge is 0.325 e. The van der Waals surface area contributed by atoms with Crippen molar-refractivity contribution in [3.63, 3.8) is 0 Å². The summed E-state index contributed by atoms with van der Waals surface area (Å²) in [6, 6.07) is 11.1. The Morgan fingerprint density at radius 2 is 1.67 bits per heavy atom. The predicted molar refractivity (Wildman–Crippen MR) is 101 cm³/mol. The highest BCUT2D eigenvalue weighted by molar-refractivity contribution is 9.10. The molecule has 0 aliphatic heterocycles. The van der Waals surface area contributed by atoms with Crippen molar-refractivity contribution >= 4 is 37.4 Å². The highest BCUT2D eigenvalue weighted by atomic mass is 79.9. The number of sulfone groups is 1. The lowest BCUT2D eigenvalue weighted by Gasteiger charge is -2.10. The van der Waals surface area contributed by atoms with Crippen LogP contribution in [0.2, 0.25) is 0 Å². The van der Waals surface area contributed by atoms with E-state index in [1.54, 1.807) is 12.1 Å². The van der Waals surface area contributed by atoms with Crippen molar-refractivity contribution in [2.75, 3.05) is 11.1 Å². The first-order chi connectivity index (χ1) is 11.1. The van der Waals surface area contributed by atoms with Crippen LogP contribution in [0, 0.1) is 20.8 Å². The van der Waals surface area contributed by atoms with Crippen LogP contribution in [0.5, 0.6) is 0 Å². The first-order valence-corrected chi connectivity index (χ1v) is 10.1. The molecule has 0 aliphatic carbocycles. The smallest absolute Gasteiger partial charge is 0.239 e. The van der Waals surface area contributed by atoms with Gasteiger partial charge in [-0.25, -0.2) is 8.42 Å². The zero-order valence-corrected chi connectivity index (χ0v) is 16.3. The van der Waals surface area contributed by atoms with E-state index in [1.807, 2.05) is 45.0 Å². The third-order valence-corrected chi connectivity index (χ3v) is 5.45. The van der Waals surface area contributed by atoms with Gasteiger partial charge in [-0.3, -0.25) is 4.79 Å². The van der Waals surface area contributed by atoms with Crippen molar-refractivity contribution in [2.45, 2.75) is 26.5 Å². The first-order valence-electron chi connectivity index (χ1n) is 7.48. The Bertz CT molecular complexity index is 856. The number of nitrogens with one attached hydrogen (secondary N) is 1. The van der Waals surface area contributed by atoms with E-state index >= 15 is 0 Å². The quantitative estimate of drug-likeness (QED) is 0.813. The minimum absolute atomic E-state index is 0.137. The second-order valence-corrected chi connectivity index (χ2v) is 9.02. The van der Waals surface area contributed by atoms with Crippen molar-refractivity contribution in [3.8, 4) is 0 Å². The molecule has 24 heavy (non-hydrogen) atoms. The number of hydrogen-bond donors (Lipinski definition) is 1. The lowest BCUT2D eigenvalue weighted by atomic mass is 10.1. The van der Waals surface area contributed by atoms with Crippen LogP contribution in [0.25, 0.3) is 0 Å². The molecule has 1 amide bonds. The van der Waals surface area contributed by atoms with Crippen molar-refractivity contribution in [2.24, 2.45) is 0 Å². The maximum atomic E-state index is 12.3. The second-order valence-electron chi connectivity index (χ2n) is 6.04. The molecule has 0 unspecified atom stereocenters. The molecular formula is C18H20BrNO3S. The Kier molecular flexibility index (Phi) is 5.83. The minimum atomic E-state index is -3.53. The minimum Gasteiger partial charge on any atom is -0.325 e. The average Bonchev–Trinajstić information content (AvgIpc) is 2.39. The van der Waals surface area contributed by atoms with Gasteiger partial charge in [-0.1, -0.05) is 45.3 Å². The van der Waals surface area contributed by atoms with Gasteiger partial charge in [0.1, 0.15) is 5.75 Å². The second kappa shape index (κ2) is 7.49. The molecule has 0 aromatic heterocycles. The molecule has 0 bridgehead atoms. The number of benzene rings is 2. The fourth-order valence-corrected chi connectivity index (χ4v) is 4.33. The van der Waals surface area contributed by atoms with Crippen LogP contribution in [0.1, 0.15) is 22.3 Å². The van der Waals surface area contributed by atoms with Crippen LogP contribution >= 0.6 is 15.9 Å². The highest BCUT2D eigenvalue weighted by Crippen LogP contribution is 2.20. The van der Waals surface area contributed by atoms with Gasteiger partial charge in [0.05, 0.1) is 5.75 Å². The predicted octanol–water partition coefficient (Wildman–Crippen LogP) is 3.93. The van der Waals surface area contributed by atoms with Gasteiger partial charge in [-0.05, 0) is 50.1 Å². The third-order valence-electron chi connectivity index (χ3n) is 3.48. The van der Waals surface area contributed by atoms with Crippen LogP contribution in [0.3, 0.4) is 0 Å². The molecule has 0 aliphatic rings. The van der Waals surface area contributed by atoms with E-state index in [0.717, 1.165) is 21.2 Å². The van der Waals surface area contributed by atoms with E-state index in [4.69, 9.17) is 0 Å². The number of carbonyl (C=O) groups is 1. The summed E-state index contributed by atoms with van der Waals surface area (Å²) in [4.78, 5) is 12.1. The summed E-state index contributed by atoms with van der Waals surface area (Å²) >= 11 is 3.35. The zero-order valence-electron chi connectivity index (χ0n) is 13.9. The fraction of sp³-hybridized carbons (Fsp3) is 0.278. The topological polar surface area (TPSA) is 63.2 Å². The van der Waals surface area contributed by atoms with E-state index < -0.39 is 21.5 Å². The number of rotatable bonds is 5. The van der Waals surface area contributed by atoms with Crippen molar-refractivity contribution < 1.29 is 13.2 Å². The Hall–Kier alpha value is -1.66. The van der Waals surface area contributed by atoms with E-state index in [-0.39, 0.29) is 5.75 Å². The maximum absolute atomic E-state index is 12.3. The molecule has 128 valence electrons. The highest BCUT2D eigenvalue weighted by Gasteiger charge is 2.18. The Balaban J connectivity index is 2.06. The Morgan fingerprint density at radius 1 is 1.04 bits per heavy atom. The van der Waals surface area contributed by atoms with Gasteiger partial charge in [0.2, 0.25) is 5.91 Å². The summed E-state index contributed by atoms with van der Waals surface area (Å²) in [5.41, 5.74) is 4.21. The maximum Gasteiger partial charge on any atom is 0.239 e. The SMILES string of the molecule is Cc1cc(C)cc(CS(=O)(=O)CC(=O)Nc2ccc(Br)cc2C)c1. The third kappa shape index (κ3) is 5.46. The van der Waals surface area contributed by atoms with Gasteiger partial charge in [0, 0.05) is 10.2 Å². The number of amides is 1. The van der Waals surface area contributed by atoms with Gasteiger partial charge in [0.25, 0.3) is 0 Å². The monoisotopic (exact) mass is 409 g/mol. The van der Waals surface area contributed by atoms with Crippen LogP contribution < -0.4 is 5.32 Å². The van der Waals surface area contributed by atoms with Crippen LogP contribution in [-0.4, -0.2) is 20.1 Å². The summed E-state index contributed by atoms with van der Waals surface area (Å²) < 4.78 is 25.5. The molecule has 0 radical (unpaired) electrons. The standard InChI is InChI=1S/C18H20BrNO3S/c1-12-6-13(2)8-15(7-12)10-24(22,23)11-18(21)20-17-5-4-16(19)9-14(17)3/h4-9H,10-11H2,1-3H3,(H,20,21). The molecule has 6 heteroatoms. The Morgan fingerprint density at radius 3 is 2.25 bits per heavy atom. The zero-order chi connectivity index (χ0) is 17.9. The van der Waals surface area contributed by atoms with Gasteiger partial charge in [-0.15, -0.1) is 0 Å². The van der Waals surface area contributed by atoms with E-state index in [9.17, 15) is 13.2 Å². The molecule has 2 aromatic carbocycles. The molecule has 0 heterocycles. The molecule has 0 spiro atoms. The molecule has 1 N–H and O–H groups in total. The van der Waals surface area contributed by atoms with Crippen LogP contribution in [-0.2, 0) is 20.4 Å². The Labute approximate surface area is 151 Å². The summed E-state index contributed by atoms with van der Waals surface area (Å²) in [7, 11) is -3.53. The summed E-state index contributed by atoms with van der Waals surface area (Å²) in [5.74, 6) is -1.19. The van der Waals surface area contributed by atoms with E-state index in [0.29, 0.717) is 11.3 Å². The summed E-state index contributed by atoms with van der Waals surface area (Å²) in [6.45, 7) is 5.70. The van der Waals surface area contributed by atoms with Crippen molar-refractivity contribution in [1.29, 1.82) is 0 Å². The normalized spacial score (nSPS) is 11.3. The van der Waals surface area contributed by atoms with E-state index in [1.165, 1.54) is 0 Å². The van der Waals surface area contributed by atoms with Gasteiger partial charge in [-0.2, -0.15) is 0 Å². The van der Waals surface area contributed by atoms with Crippen LogP contribution in [0.15, 0.2) is 40.9 Å². The van der Waals surface area contributed by atoms with Crippen LogP contribution in [0.4, 0.5) is 5.69 Å². The van der Waals surface area contributed by atoms with Gasteiger partial charge < -0.3 is 5.32 Å². The lowest BCUT2D eigenvalue weighted by molar-refractivity contribution is -0.113. The molecule has 2 aromatic rings. The van der Waals surface area contributed by atoms with Gasteiger partial charge >= 0.3 is 0 Å². The number of hydrogen-bond acceptors (Lipinski definition) is 3. The first kappa shape index (κ1) is 18.7. The molecular weight excluding hydrogens is 390 g/mol. The van der Waals surface area contributed by atoms with Crippen molar-refractivity contribution in [1.82, 2.24) is 0 Å². The van der Waals surface area contributed by atoms with Crippen molar-refractivity contribution in [3.05, 3.63) is 63.1 Å².